The van der Waals surface area contributed by atoms with Gasteiger partial charge in [0.15, 0.2) is 0 Å². The van der Waals surface area contributed by atoms with E-state index in [-0.39, 0.29) is 31.9 Å². The molecule has 8 rings (SSSR count). The second-order valence-corrected chi connectivity index (χ2v) is 35.6. The fraction of sp³-hybridized carbons (Fsp3) is 0.583. The van der Waals surface area contributed by atoms with Crippen molar-refractivity contribution in [2.24, 2.45) is 0 Å². The minimum atomic E-state index is -0.106. The molecule has 0 N–H and O–H groups in total. The van der Waals surface area contributed by atoms with E-state index < -0.39 is 0 Å². The van der Waals surface area contributed by atoms with E-state index in [9.17, 15) is 0 Å². The molecule has 2 aromatic heterocycles. The molecule has 4 aromatic carbocycles. The van der Waals surface area contributed by atoms with Crippen LogP contribution in [0.2, 0.25) is 0 Å². The summed E-state index contributed by atoms with van der Waals surface area (Å²) in [6, 6.07) is 40.2. The standard InChI is InChI=1S/C43H67Cl2N2.C43H69N2.2C5H5N.4ClH.2Pd/c1-9-19-32(20-10-2)36-27-17-28-37(33(21-11-3)22-12-4)40(36)46-31-47(43(45)42(46)44)41-38(34(23-13-5)24-14-6)29-18-30-39(41)35(25-15-7)26-16-8;1-9-19-34(20-10-2)38-27-17-28-39(35(21-11-3)22-12-4)42(38)44-31-32-45(33-44)43-40(36(23-13-5)24-14-6)29-18-30-41(43)37(25-15-7)26-16-8;2*1-2-4-6-5-3-1;;;;;;/h17-18,27-35H,9-16,19-26H2,1-8H3;17-18,27-37H,9-16,19-26H2,1-8H3;2*1-5H;4*1H;;/q2*-1;;;;;;;2*+2/p-4. The first-order valence-corrected chi connectivity index (χ1v) is 51.9. The Bertz CT molecular complexity index is 2890. The van der Waals surface area contributed by atoms with E-state index in [0.717, 1.165) is 0 Å². The molecular formula is C96H146Cl6N6Pd2-2. The fourth-order valence-electron chi connectivity index (χ4n) is 17.3. The Morgan fingerprint density at radius 1 is 0.255 bits per heavy atom. The van der Waals surface area contributed by atoms with Crippen LogP contribution in [0.25, 0.3) is 0 Å². The predicted octanol–water partition coefficient (Wildman–Crippen LogP) is 34.7. The Morgan fingerprint density at radius 2 is 0.418 bits per heavy atom. The number of para-hydroxylation sites is 4. The number of pyridine rings is 2. The Balaban J connectivity index is 0.000000463. The summed E-state index contributed by atoms with van der Waals surface area (Å²) in [4.78, 5) is 17.2. The molecule has 0 bridgehead atoms. The van der Waals surface area contributed by atoms with Crippen molar-refractivity contribution in [3.05, 3.63) is 215 Å². The maximum absolute atomic E-state index is 7.48. The third-order valence-corrected chi connectivity index (χ3v) is 22.5. The van der Waals surface area contributed by atoms with Crippen molar-refractivity contribution >= 4 is 84.1 Å². The van der Waals surface area contributed by atoms with E-state index in [0.29, 0.717) is 57.7 Å². The van der Waals surface area contributed by atoms with Crippen molar-refractivity contribution in [1.29, 1.82) is 0 Å². The van der Waals surface area contributed by atoms with Gasteiger partial charge in [-0.15, -0.1) is 13.3 Å². The molecule has 0 aliphatic carbocycles. The first kappa shape index (κ1) is 101. The van der Waals surface area contributed by atoms with Crippen molar-refractivity contribution in [3.8, 4) is 0 Å². The van der Waals surface area contributed by atoms with Gasteiger partial charge in [-0.25, -0.2) is 0 Å². The van der Waals surface area contributed by atoms with Crippen molar-refractivity contribution in [3.63, 3.8) is 0 Å². The third kappa shape index (κ3) is 32.8. The van der Waals surface area contributed by atoms with Crippen molar-refractivity contribution in [1.82, 2.24) is 9.97 Å². The van der Waals surface area contributed by atoms with Gasteiger partial charge in [0.05, 0.1) is 0 Å². The van der Waals surface area contributed by atoms with E-state index in [1.165, 1.54) is 250 Å². The normalized spacial score (nSPS) is 12.7. The quantitative estimate of drug-likeness (QED) is 0.0216. The fourth-order valence-corrected chi connectivity index (χ4v) is 17.7. The van der Waals surface area contributed by atoms with Crippen LogP contribution in [0.4, 0.5) is 22.7 Å². The molecule has 4 heterocycles. The number of anilines is 4. The summed E-state index contributed by atoms with van der Waals surface area (Å²) in [5.74, 6) is 4.40. The monoisotopic (exact) mass is 1800 g/mol. The number of halogens is 6. The zero-order valence-electron chi connectivity index (χ0n) is 70.8. The number of aromatic nitrogens is 2. The molecule has 624 valence electrons. The zero-order chi connectivity index (χ0) is 80.9. The molecule has 0 atom stereocenters. The maximum Gasteiger partial charge on any atom is 0.0267 e. The van der Waals surface area contributed by atoms with Crippen LogP contribution in [0.3, 0.4) is 0 Å². The van der Waals surface area contributed by atoms with Gasteiger partial charge in [-0.2, -0.15) is 0 Å². The van der Waals surface area contributed by atoms with E-state index in [4.69, 9.17) is 61.3 Å². The molecule has 6 nitrogen and oxygen atoms in total. The SMILES string of the molecule is CCCC(CCC)c1cccc(C(CCC)CCC)c1N1C=CN(c2c(C(CCC)CCC)cccc2C(CCC)CCC)[CH-]1.CCCC(CCC)c1cccc(C(CCC)CCC)c1N1[CH-]N(c2c(C(CCC)CCC)cccc2C(CCC)CCC)C(Cl)=C1Cl.[Cl][Pd][Cl].[Cl][Pd][Cl].c1ccncc1.c1ccncc1. The third-order valence-electron chi connectivity index (χ3n) is 21.7. The molecule has 6 aromatic rings. The van der Waals surface area contributed by atoms with Crippen LogP contribution in [0.15, 0.2) is 157 Å². The Morgan fingerprint density at radius 3 is 0.555 bits per heavy atom. The molecule has 0 fully saturated rings. The summed E-state index contributed by atoms with van der Waals surface area (Å²) in [5, 5.41) is 1.26. The van der Waals surface area contributed by atoms with E-state index in [1.807, 2.05) is 36.4 Å². The zero-order valence-corrected chi connectivity index (χ0v) is 78.5. The number of hydrogen-bond acceptors (Lipinski definition) is 6. The van der Waals surface area contributed by atoms with Gasteiger partial charge >= 0.3 is 70.0 Å². The van der Waals surface area contributed by atoms with Crippen LogP contribution in [-0.4, -0.2) is 9.97 Å². The second kappa shape index (κ2) is 62.2. The number of hydrogen-bond donors (Lipinski definition) is 0. The number of nitrogens with zero attached hydrogens (tertiary/aromatic N) is 6. The first-order valence-electron chi connectivity index (χ1n) is 43.2. The van der Waals surface area contributed by atoms with Gasteiger partial charge in [0.2, 0.25) is 0 Å². The molecular weight excluding hydrogens is 1660 g/mol. The molecule has 0 radical (unpaired) electrons. The molecule has 0 saturated heterocycles. The molecule has 14 heteroatoms. The minimum Gasteiger partial charge on any atom is -0.265 e. The van der Waals surface area contributed by atoms with Gasteiger partial charge in [0, 0.05) is 47.5 Å². The minimum absolute atomic E-state index is 0.106. The Labute approximate surface area is 717 Å². The van der Waals surface area contributed by atoms with Crippen molar-refractivity contribution in [2.75, 3.05) is 19.6 Å². The molecule has 0 spiro atoms. The van der Waals surface area contributed by atoms with Gasteiger partial charge in [-0.05, 0) is 231 Å². The van der Waals surface area contributed by atoms with Gasteiger partial charge in [-0.3, -0.25) is 9.97 Å². The summed E-state index contributed by atoms with van der Waals surface area (Å²) in [7, 11) is 19.3. The Hall–Kier alpha value is -3.08. The van der Waals surface area contributed by atoms with Gasteiger partial charge in [0.25, 0.3) is 0 Å². The summed E-state index contributed by atoms with van der Waals surface area (Å²) in [6.07, 6.45) is 50.5. The molecule has 2 aliphatic rings. The summed E-state index contributed by atoms with van der Waals surface area (Å²) >= 11 is 14.7. The van der Waals surface area contributed by atoms with E-state index in [2.05, 4.69) is 239 Å². The van der Waals surface area contributed by atoms with Crippen LogP contribution >= 0.6 is 61.3 Å². The van der Waals surface area contributed by atoms with Gasteiger partial charge < -0.3 is 19.6 Å². The van der Waals surface area contributed by atoms with Crippen LogP contribution < -0.4 is 19.6 Å². The van der Waals surface area contributed by atoms with Crippen LogP contribution in [-0.2, 0) is 31.9 Å². The molecule has 0 saturated carbocycles. The predicted molar refractivity (Wildman–Crippen MR) is 484 cm³/mol. The van der Waals surface area contributed by atoms with Crippen molar-refractivity contribution in [2.45, 2.75) is 364 Å². The average Bonchev–Trinajstić information content (AvgIpc) is 1.59. The number of rotatable bonds is 44. The van der Waals surface area contributed by atoms with Gasteiger partial charge in [0.1, 0.15) is 10.3 Å². The summed E-state index contributed by atoms with van der Waals surface area (Å²) in [6.45, 7) is 42.2. The number of benzene rings is 4. The Kier molecular flexibility index (Phi) is 57.2. The molecule has 0 amide bonds. The molecule has 2 aliphatic heterocycles. The first-order chi connectivity index (χ1) is 53.7. The average molecular weight is 1810 g/mol. The van der Waals surface area contributed by atoms with Crippen LogP contribution in [0, 0.1) is 13.3 Å². The summed E-state index contributed by atoms with van der Waals surface area (Å²) < 4.78 is 0. The smallest absolute Gasteiger partial charge is 0.0267 e. The van der Waals surface area contributed by atoms with E-state index in [1.54, 1.807) is 47.0 Å². The second-order valence-electron chi connectivity index (χ2n) is 30.1. The van der Waals surface area contributed by atoms with Crippen LogP contribution in [0.5, 0.6) is 0 Å². The van der Waals surface area contributed by atoms with E-state index >= 15 is 0 Å². The largest absolute Gasteiger partial charge is 0.265 e. The van der Waals surface area contributed by atoms with Crippen LogP contribution in [0.1, 0.15) is 408 Å². The van der Waals surface area contributed by atoms with Gasteiger partial charge in [-0.1, -0.05) is 322 Å². The maximum atomic E-state index is 7.48. The molecule has 110 heavy (non-hydrogen) atoms. The summed E-state index contributed by atoms with van der Waals surface area (Å²) in [5.41, 5.74) is 17.5. The van der Waals surface area contributed by atoms with Crippen molar-refractivity contribution < 1.29 is 31.9 Å². The topological polar surface area (TPSA) is 38.7 Å². The molecule has 0 unspecified atom stereocenters.